The summed E-state index contributed by atoms with van der Waals surface area (Å²) in [4.78, 5) is 189. The van der Waals surface area contributed by atoms with Crippen LogP contribution in [-0.4, -0.2) is 275 Å². The smallest absolute Gasteiger partial charge is 0.393 e. The molecule has 0 aromatic carbocycles. The van der Waals surface area contributed by atoms with Crippen LogP contribution in [0.2, 0.25) is 0 Å². The Balaban J connectivity index is 1.26. The molecule has 0 radical (unpaired) electrons. The summed E-state index contributed by atoms with van der Waals surface area (Å²) < 4.78 is 42.0. The second-order valence-corrected chi connectivity index (χ2v) is 30.4. The van der Waals surface area contributed by atoms with Crippen LogP contribution in [0.1, 0.15) is 187 Å². The fraction of sp³-hybridized carbons (Fsp3) is 0.829. The van der Waals surface area contributed by atoms with Gasteiger partial charge in [-0.2, -0.15) is 13.2 Å². The van der Waals surface area contributed by atoms with Gasteiger partial charge in [0.2, 0.25) is 70.9 Å². The number of aliphatic hydroxyl groups is 1. The molecular weight excluding hydrogens is 1310 g/mol. The van der Waals surface area contributed by atoms with Crippen molar-refractivity contribution >= 4 is 82.5 Å². The first-order valence-corrected chi connectivity index (χ1v) is 36.9. The minimum Gasteiger partial charge on any atom is -0.394 e. The topological polar surface area (TPSA) is 290 Å². The second-order valence-electron chi connectivity index (χ2n) is 29.8. The number of alkyl halides is 4. The van der Waals surface area contributed by atoms with Gasteiger partial charge in [-0.3, -0.25) is 57.5 Å². The van der Waals surface area contributed by atoms with Crippen molar-refractivity contribution < 1.29 is 75.8 Å². The van der Waals surface area contributed by atoms with Crippen molar-refractivity contribution in [1.29, 1.82) is 0 Å². The van der Waals surface area contributed by atoms with E-state index in [0.717, 1.165) is 77.4 Å². The van der Waals surface area contributed by atoms with Gasteiger partial charge in [0.1, 0.15) is 47.8 Å². The van der Waals surface area contributed by atoms with E-state index in [-0.39, 0.29) is 76.2 Å². The molecule has 1 spiro atoms. The highest BCUT2D eigenvalue weighted by Crippen LogP contribution is 2.44. The molecule has 12 amide bonds. The molecule has 3 saturated heterocycles. The number of likely N-dealkylation sites (tertiary alicyclic amines) is 1. The molecule has 7 aliphatic rings. The van der Waals surface area contributed by atoms with Crippen molar-refractivity contribution in [3.05, 3.63) is 0 Å². The molecule has 3 aliphatic heterocycles. The van der Waals surface area contributed by atoms with Gasteiger partial charge in [-0.15, -0.1) is 11.6 Å². The first-order chi connectivity index (χ1) is 46.8. The second kappa shape index (κ2) is 36.0. The molecule has 4 N–H and O–H groups in total. The number of fused-ring (bicyclic) bond motifs is 1. The monoisotopic (exact) mass is 1420 g/mol. The molecule has 4 saturated carbocycles. The first kappa shape index (κ1) is 80.0. The van der Waals surface area contributed by atoms with Crippen LogP contribution in [0.5, 0.6) is 0 Å². The number of nitrogens with one attached hydrogen (secondary N) is 3. The van der Waals surface area contributed by atoms with E-state index in [1.54, 1.807) is 18.7 Å². The Morgan fingerprint density at radius 3 is 1.80 bits per heavy atom. The minimum atomic E-state index is -4.51. The van der Waals surface area contributed by atoms with Crippen LogP contribution in [-0.2, 0) is 57.5 Å². The third kappa shape index (κ3) is 20.1. The molecule has 29 heteroatoms. The number of carbonyl (C=O) groups excluding carboxylic acids is 12. The summed E-state index contributed by atoms with van der Waals surface area (Å²) in [5, 5.41) is 18.3. The Bertz CT molecular complexity index is 2870. The van der Waals surface area contributed by atoms with E-state index in [1.165, 1.54) is 68.9 Å². The molecule has 3 heterocycles. The third-order valence-corrected chi connectivity index (χ3v) is 23.4. The number of rotatable bonds is 10. The predicted molar refractivity (Wildman–Crippen MR) is 362 cm³/mol. The van der Waals surface area contributed by atoms with Crippen molar-refractivity contribution in [1.82, 2.24) is 60.0 Å². The summed E-state index contributed by atoms with van der Waals surface area (Å²) in [5.41, 5.74) is -1.57. The van der Waals surface area contributed by atoms with E-state index in [9.17, 15) is 56.6 Å². The van der Waals surface area contributed by atoms with Gasteiger partial charge in [0, 0.05) is 74.3 Å². The fourth-order valence-electron chi connectivity index (χ4n) is 16.3. The van der Waals surface area contributed by atoms with E-state index >= 15 is 19.2 Å². The van der Waals surface area contributed by atoms with Crippen molar-refractivity contribution in [2.24, 2.45) is 29.6 Å². The number of amides is 12. The van der Waals surface area contributed by atoms with Gasteiger partial charge in [0.25, 0.3) is 0 Å². The molecular formula is C70H112ClF3N12O13. The molecule has 0 bridgehead atoms. The van der Waals surface area contributed by atoms with Crippen molar-refractivity contribution in [3.63, 3.8) is 0 Å². The average Bonchev–Trinajstić information content (AvgIpc) is 1.50. The van der Waals surface area contributed by atoms with Crippen LogP contribution in [0.15, 0.2) is 0 Å². The summed E-state index contributed by atoms with van der Waals surface area (Å²) in [5.74, 6) is -11.2. The Morgan fingerprint density at radius 1 is 0.596 bits per heavy atom. The fourth-order valence-corrected chi connectivity index (χ4v) is 16.8. The number of hydrogen-bond donors (Lipinski definition) is 4. The maximum absolute atomic E-state index is 15.7. The molecule has 25 nitrogen and oxygen atoms in total. The lowest BCUT2D eigenvalue weighted by Gasteiger charge is -2.43. The van der Waals surface area contributed by atoms with E-state index in [2.05, 4.69) is 16.0 Å². The molecule has 7 rings (SSSR count). The summed E-state index contributed by atoms with van der Waals surface area (Å²) in [6.45, 7) is 1.61. The summed E-state index contributed by atoms with van der Waals surface area (Å²) in [6.07, 6.45) is 7.26. The Hall–Kier alpha value is -6.32. The highest BCUT2D eigenvalue weighted by Gasteiger charge is 2.52. The lowest BCUT2D eigenvalue weighted by Crippen LogP contribution is -2.65. The van der Waals surface area contributed by atoms with E-state index in [0.29, 0.717) is 64.5 Å². The highest BCUT2D eigenvalue weighted by molar-refractivity contribution is 6.21. The number of aliphatic hydroxyl groups excluding tert-OH is 1. The summed E-state index contributed by atoms with van der Waals surface area (Å²) in [6, 6.07) is -9.20. The zero-order valence-corrected chi connectivity index (χ0v) is 60.7. The van der Waals surface area contributed by atoms with Gasteiger partial charge in [-0.1, -0.05) is 84.5 Å². The molecule has 3 unspecified atom stereocenters. The Morgan fingerprint density at radius 2 is 1.19 bits per heavy atom. The van der Waals surface area contributed by atoms with E-state index in [1.807, 2.05) is 0 Å². The van der Waals surface area contributed by atoms with Crippen LogP contribution >= 0.6 is 11.6 Å². The lowest BCUT2D eigenvalue weighted by molar-refractivity contribution is -0.182. The Kier molecular flexibility index (Phi) is 29.1. The van der Waals surface area contributed by atoms with Crippen molar-refractivity contribution in [3.8, 4) is 0 Å². The number of likely N-dealkylation sites (N-methyl/N-ethyl adjacent to an activating group) is 7. The molecule has 4 aliphatic carbocycles. The molecule has 0 aromatic heterocycles. The van der Waals surface area contributed by atoms with Crippen LogP contribution in [0.25, 0.3) is 0 Å². The summed E-state index contributed by atoms with van der Waals surface area (Å²) in [7, 11) is 9.71. The predicted octanol–water partition coefficient (Wildman–Crippen LogP) is 4.43. The normalized spacial score (nSPS) is 30.2. The maximum atomic E-state index is 15.7. The SMILES string of the molecule is CC[C@H](C)[C@@H]1NC(=O)[C@H](CO)N(C)C(=O)C[C@@H](C(=O)N2CCCCC2)N(C)C(=O)[C@H](C2CCCCC2)N(C)C(=O)C2(CCCC2)NC(=O)[C@@H]2CCCN2C(=O)[C@H](CCC2CCC(C(F)(F)F)C(Cl)C2)NC(=O)CN(C)C(=O)[C@H](CC2CCCCC2)N(C)C(=O)CN(C)C(=O)CN(C)C1=O. The standard InChI is InChI=1S/C70H112ClF3N12O13/c1-10-44(2)59-66(97)80(5)41-57(90)78(3)42-58(91)81(6)52(38-45-23-14-11-15-24-45)64(95)79(4)40-55(88)75-50(31-29-46-28-30-48(49(71)37-46)70(72,73)74)63(94)86-36-22-27-51(86)62(93)77-69(32-18-19-33-69)68(99)84(9)60(47-25-16-12-17-26-47)67(98)83(8)53(65(96)85-34-20-13-21-35-85)39-56(89)82(7)54(43-87)61(92)76-59/h44-54,59-60,87H,10-43H2,1-9H3,(H,75,88)(H,76,92)(H,77,93)/t44-,46?,48?,49?,50-,51-,52-,53-,54-,59-,60-/m0/s1. The number of hydrogen-bond acceptors (Lipinski definition) is 13. The maximum Gasteiger partial charge on any atom is 0.393 e. The number of piperidine rings is 1. The van der Waals surface area contributed by atoms with Crippen LogP contribution < -0.4 is 16.0 Å². The molecule has 558 valence electrons. The van der Waals surface area contributed by atoms with Crippen LogP contribution in [0.3, 0.4) is 0 Å². The van der Waals surface area contributed by atoms with Gasteiger partial charge >= 0.3 is 6.18 Å². The summed E-state index contributed by atoms with van der Waals surface area (Å²) >= 11 is 6.40. The molecule has 7 fully saturated rings. The molecule has 0 aromatic rings. The zero-order chi connectivity index (χ0) is 72.8. The lowest BCUT2D eigenvalue weighted by atomic mass is 9.78. The van der Waals surface area contributed by atoms with Gasteiger partial charge < -0.3 is 65.2 Å². The largest absolute Gasteiger partial charge is 0.394 e. The van der Waals surface area contributed by atoms with E-state index in [4.69, 9.17) is 11.6 Å². The number of nitrogens with zero attached hydrogens (tertiary/aromatic N) is 9. The minimum absolute atomic E-state index is 0.00397. The van der Waals surface area contributed by atoms with Gasteiger partial charge in [0.05, 0.1) is 38.6 Å². The van der Waals surface area contributed by atoms with Gasteiger partial charge in [0.15, 0.2) is 0 Å². The first-order valence-electron chi connectivity index (χ1n) is 36.5. The van der Waals surface area contributed by atoms with Crippen molar-refractivity contribution in [2.75, 3.05) is 95.2 Å². The van der Waals surface area contributed by atoms with E-state index < -0.39 is 181 Å². The molecule has 11 atom stereocenters. The number of carbonyl (C=O) groups is 12. The molecule has 99 heavy (non-hydrogen) atoms. The average molecular weight is 1420 g/mol. The number of halogens is 4. The van der Waals surface area contributed by atoms with Crippen molar-refractivity contribution in [2.45, 2.75) is 247 Å². The quantitative estimate of drug-likeness (QED) is 0.221. The van der Waals surface area contributed by atoms with Crippen LogP contribution in [0, 0.1) is 29.6 Å². The Labute approximate surface area is 587 Å². The van der Waals surface area contributed by atoms with Crippen LogP contribution in [0.4, 0.5) is 13.2 Å². The third-order valence-electron chi connectivity index (χ3n) is 22.9. The highest BCUT2D eigenvalue weighted by atomic mass is 35.5. The van der Waals surface area contributed by atoms with Gasteiger partial charge in [-0.25, -0.2) is 0 Å². The zero-order valence-electron chi connectivity index (χ0n) is 59.9. The van der Waals surface area contributed by atoms with Gasteiger partial charge in [-0.05, 0) is 120 Å².